The number of benzene rings is 2. The number of methoxy groups -OCH3 is 1. The average Bonchev–Trinajstić information content (AvgIpc) is 3.27. The third-order valence-corrected chi connectivity index (χ3v) is 6.12. The van der Waals surface area contributed by atoms with Crippen LogP contribution in [0.5, 0.6) is 5.75 Å². The van der Waals surface area contributed by atoms with E-state index in [-0.39, 0.29) is 17.2 Å². The monoisotopic (exact) mass is 463 g/mol. The van der Waals surface area contributed by atoms with Gasteiger partial charge in [0.05, 0.1) is 24.7 Å². The Hall–Kier alpha value is -3.59. The van der Waals surface area contributed by atoms with Gasteiger partial charge >= 0.3 is 0 Å². The number of ether oxygens (including phenoxy) is 1. The summed E-state index contributed by atoms with van der Waals surface area (Å²) < 4.78 is 8.60. The first-order valence-electron chi connectivity index (χ1n) is 10.7. The number of amides is 1. The number of carbonyl (C=O) groups is 1. The van der Waals surface area contributed by atoms with Gasteiger partial charge in [-0.25, -0.2) is 4.98 Å². The molecule has 4 aromatic rings. The van der Waals surface area contributed by atoms with E-state index in [4.69, 9.17) is 4.74 Å². The minimum atomic E-state index is -0.210. The van der Waals surface area contributed by atoms with E-state index in [2.05, 4.69) is 15.4 Å². The maximum atomic E-state index is 13.2. The van der Waals surface area contributed by atoms with E-state index in [1.165, 1.54) is 11.8 Å². The van der Waals surface area contributed by atoms with Crippen molar-refractivity contribution in [3.05, 3.63) is 76.7 Å². The van der Waals surface area contributed by atoms with Crippen molar-refractivity contribution >= 4 is 34.4 Å². The summed E-state index contributed by atoms with van der Waals surface area (Å²) in [6.07, 6.45) is 2.43. The minimum Gasteiger partial charge on any atom is -0.495 e. The van der Waals surface area contributed by atoms with Crippen LogP contribution in [0.3, 0.4) is 0 Å². The third kappa shape index (κ3) is 5.25. The number of hydrogen-bond acceptors (Lipinski definition) is 6. The molecule has 0 atom stereocenters. The molecule has 4 rings (SSSR count). The van der Waals surface area contributed by atoms with Crippen LogP contribution in [0.2, 0.25) is 0 Å². The van der Waals surface area contributed by atoms with Gasteiger partial charge in [0, 0.05) is 13.1 Å². The smallest absolute Gasteiger partial charge is 0.282 e. The lowest BCUT2D eigenvalue weighted by Gasteiger charge is -2.12. The van der Waals surface area contributed by atoms with E-state index in [0.717, 1.165) is 5.56 Å². The molecule has 2 aromatic heterocycles. The van der Waals surface area contributed by atoms with Gasteiger partial charge in [0.2, 0.25) is 5.91 Å². The number of nitrogens with zero attached hydrogens (tertiary/aromatic N) is 4. The van der Waals surface area contributed by atoms with Crippen molar-refractivity contribution in [2.45, 2.75) is 31.6 Å². The van der Waals surface area contributed by atoms with Gasteiger partial charge in [-0.3, -0.25) is 18.8 Å². The molecular formula is C24H25N5O3S. The number of aryl methyl sites for hydroxylation is 2. The topological polar surface area (TPSA) is 91.0 Å². The predicted octanol–water partition coefficient (Wildman–Crippen LogP) is 3.60. The quantitative estimate of drug-likeness (QED) is 0.301. The highest BCUT2D eigenvalue weighted by atomic mass is 32.2. The van der Waals surface area contributed by atoms with E-state index < -0.39 is 0 Å². The Morgan fingerprint density at radius 3 is 2.64 bits per heavy atom. The van der Waals surface area contributed by atoms with Crippen LogP contribution in [0.25, 0.3) is 11.0 Å². The number of fused-ring (bicyclic) bond motifs is 1. The standard InChI is InChI=1S/C24H25N5O3S/c1-3-28-15-19-22(27-28)23(31)29(14-13-17-9-5-4-6-10-17)24(26-19)33-16-21(30)25-18-11-7-8-12-20(18)32-2/h4-12,15H,3,13-14,16H2,1-2H3,(H,25,30). The Morgan fingerprint density at radius 1 is 1.12 bits per heavy atom. The molecule has 33 heavy (non-hydrogen) atoms. The zero-order chi connectivity index (χ0) is 23.2. The highest BCUT2D eigenvalue weighted by molar-refractivity contribution is 7.99. The van der Waals surface area contributed by atoms with Gasteiger partial charge in [0.1, 0.15) is 11.3 Å². The van der Waals surface area contributed by atoms with E-state index in [0.29, 0.717) is 47.1 Å². The molecule has 0 bridgehead atoms. The number of anilines is 1. The van der Waals surface area contributed by atoms with Crippen molar-refractivity contribution < 1.29 is 9.53 Å². The fourth-order valence-corrected chi connectivity index (χ4v) is 4.27. The molecule has 0 saturated carbocycles. The number of rotatable bonds is 9. The van der Waals surface area contributed by atoms with Crippen LogP contribution in [-0.4, -0.2) is 38.1 Å². The summed E-state index contributed by atoms with van der Waals surface area (Å²) >= 11 is 1.23. The molecule has 1 amide bonds. The van der Waals surface area contributed by atoms with E-state index in [1.807, 2.05) is 49.4 Å². The number of hydrogen-bond donors (Lipinski definition) is 1. The molecule has 0 radical (unpaired) electrons. The molecule has 1 N–H and O–H groups in total. The van der Waals surface area contributed by atoms with E-state index in [9.17, 15) is 9.59 Å². The Kier molecular flexibility index (Phi) is 7.09. The summed E-state index contributed by atoms with van der Waals surface area (Å²) in [6, 6.07) is 17.2. The first-order chi connectivity index (χ1) is 16.1. The minimum absolute atomic E-state index is 0.100. The highest BCUT2D eigenvalue weighted by Gasteiger charge is 2.16. The molecule has 2 heterocycles. The van der Waals surface area contributed by atoms with Crippen molar-refractivity contribution in [3.63, 3.8) is 0 Å². The molecule has 0 saturated heterocycles. The molecule has 0 unspecified atom stereocenters. The van der Waals surface area contributed by atoms with Gasteiger partial charge in [-0.1, -0.05) is 54.2 Å². The second-order valence-corrected chi connectivity index (χ2v) is 8.29. The Labute approximate surface area is 195 Å². The highest BCUT2D eigenvalue weighted by Crippen LogP contribution is 2.24. The van der Waals surface area contributed by atoms with Gasteiger partial charge in [-0.2, -0.15) is 5.10 Å². The zero-order valence-corrected chi connectivity index (χ0v) is 19.3. The van der Waals surface area contributed by atoms with Gasteiger partial charge in [-0.05, 0) is 31.0 Å². The van der Waals surface area contributed by atoms with Crippen molar-refractivity contribution in [1.82, 2.24) is 19.3 Å². The van der Waals surface area contributed by atoms with Crippen LogP contribution >= 0.6 is 11.8 Å². The molecule has 0 aliphatic rings. The Balaban J connectivity index is 1.57. The number of thioether (sulfide) groups is 1. The molecule has 0 aliphatic carbocycles. The van der Waals surface area contributed by atoms with Gasteiger partial charge in [0.25, 0.3) is 5.56 Å². The molecule has 170 valence electrons. The zero-order valence-electron chi connectivity index (χ0n) is 18.5. The summed E-state index contributed by atoms with van der Waals surface area (Å²) in [7, 11) is 1.56. The molecule has 2 aromatic carbocycles. The first kappa shape index (κ1) is 22.6. The molecule has 8 nitrogen and oxygen atoms in total. The average molecular weight is 464 g/mol. The van der Waals surface area contributed by atoms with Crippen LogP contribution in [0, 0.1) is 0 Å². The van der Waals surface area contributed by atoms with Crippen LogP contribution in [0.4, 0.5) is 5.69 Å². The number of aromatic nitrogens is 4. The summed E-state index contributed by atoms with van der Waals surface area (Å²) in [5.74, 6) is 0.475. The summed E-state index contributed by atoms with van der Waals surface area (Å²) in [6.45, 7) is 3.04. The number of carbonyl (C=O) groups excluding carboxylic acids is 1. The van der Waals surface area contributed by atoms with E-state index in [1.54, 1.807) is 34.7 Å². The van der Waals surface area contributed by atoms with Crippen LogP contribution < -0.4 is 15.6 Å². The lowest BCUT2D eigenvalue weighted by atomic mass is 10.1. The maximum Gasteiger partial charge on any atom is 0.282 e. The van der Waals surface area contributed by atoms with Gasteiger partial charge in [-0.15, -0.1) is 0 Å². The predicted molar refractivity (Wildman–Crippen MR) is 130 cm³/mol. The molecular weight excluding hydrogens is 438 g/mol. The summed E-state index contributed by atoms with van der Waals surface area (Å²) in [5.41, 5.74) is 2.39. The van der Waals surface area contributed by atoms with Crippen molar-refractivity contribution in [1.29, 1.82) is 0 Å². The largest absolute Gasteiger partial charge is 0.495 e. The Morgan fingerprint density at radius 2 is 1.88 bits per heavy atom. The fraction of sp³-hybridized carbons (Fsp3) is 0.250. The third-order valence-electron chi connectivity index (χ3n) is 5.14. The molecule has 0 fully saturated rings. The van der Waals surface area contributed by atoms with Crippen LogP contribution in [-0.2, 0) is 24.3 Å². The van der Waals surface area contributed by atoms with Gasteiger partial charge < -0.3 is 10.1 Å². The fourth-order valence-electron chi connectivity index (χ4n) is 3.44. The second kappa shape index (κ2) is 10.4. The van der Waals surface area contributed by atoms with Crippen molar-refractivity contribution in [2.24, 2.45) is 0 Å². The van der Waals surface area contributed by atoms with Crippen molar-refractivity contribution in [2.75, 3.05) is 18.2 Å². The lowest BCUT2D eigenvalue weighted by molar-refractivity contribution is -0.113. The summed E-state index contributed by atoms with van der Waals surface area (Å²) in [5, 5.41) is 7.73. The molecule has 9 heteroatoms. The van der Waals surface area contributed by atoms with Crippen molar-refractivity contribution in [3.8, 4) is 5.75 Å². The number of para-hydroxylation sites is 2. The molecule has 0 aliphatic heterocycles. The lowest BCUT2D eigenvalue weighted by Crippen LogP contribution is -2.25. The van der Waals surface area contributed by atoms with Gasteiger partial charge in [0.15, 0.2) is 10.7 Å². The van der Waals surface area contributed by atoms with Crippen LogP contribution in [0.15, 0.2) is 70.7 Å². The summed E-state index contributed by atoms with van der Waals surface area (Å²) in [4.78, 5) is 30.5. The molecule has 0 spiro atoms. The van der Waals surface area contributed by atoms with Crippen LogP contribution in [0.1, 0.15) is 12.5 Å². The Bertz CT molecular complexity index is 1320. The normalized spacial score (nSPS) is 11.0. The SMILES string of the molecule is CCn1cc2nc(SCC(=O)Nc3ccccc3OC)n(CCc3ccccc3)c(=O)c2n1. The first-order valence-corrected chi connectivity index (χ1v) is 11.6. The van der Waals surface area contributed by atoms with E-state index >= 15 is 0 Å². The maximum absolute atomic E-state index is 13.2. The number of nitrogens with one attached hydrogen (secondary N) is 1. The second-order valence-electron chi connectivity index (χ2n) is 7.34.